The van der Waals surface area contributed by atoms with Gasteiger partial charge in [-0.2, -0.15) is 0 Å². The van der Waals surface area contributed by atoms with Gasteiger partial charge in [-0.05, 0) is 25.6 Å². The van der Waals surface area contributed by atoms with E-state index in [1.165, 1.54) is 11.3 Å². The molecule has 0 radical (unpaired) electrons. The van der Waals surface area contributed by atoms with Gasteiger partial charge in [-0.25, -0.2) is 8.42 Å². The minimum absolute atomic E-state index is 0.0483. The van der Waals surface area contributed by atoms with Crippen molar-refractivity contribution in [2.75, 3.05) is 45.4 Å². The van der Waals surface area contributed by atoms with Gasteiger partial charge in [0.2, 0.25) is 5.91 Å². The van der Waals surface area contributed by atoms with E-state index < -0.39 is 9.84 Å². The van der Waals surface area contributed by atoms with Crippen molar-refractivity contribution in [3.8, 4) is 0 Å². The predicted octanol–water partition coefficient (Wildman–Crippen LogP) is 1.50. The maximum Gasteiger partial charge on any atom is 0.237 e. The Kier molecular flexibility index (Phi) is 7.06. The average molecular weight is 395 g/mol. The molecular weight excluding hydrogens is 372 g/mol. The second kappa shape index (κ2) is 8.62. The molecule has 9 heteroatoms. The third-order valence-corrected chi connectivity index (χ3v) is 6.93. The van der Waals surface area contributed by atoms with Crippen molar-refractivity contribution >= 4 is 38.7 Å². The smallest absolute Gasteiger partial charge is 0.237 e. The van der Waals surface area contributed by atoms with Gasteiger partial charge in [0.15, 0.2) is 9.84 Å². The fourth-order valence-corrected chi connectivity index (χ4v) is 5.70. The average Bonchev–Trinajstić information content (AvgIpc) is 3.05. The number of ether oxygens (including phenoxy) is 1. The third kappa shape index (κ3) is 5.70. The zero-order valence-electron chi connectivity index (χ0n) is 13.9. The number of carbonyl (C=O) groups excluding carboxylic acids is 1. The number of hydrogen-bond donors (Lipinski definition) is 0. The summed E-state index contributed by atoms with van der Waals surface area (Å²) in [6, 6.07) is 3.54. The van der Waals surface area contributed by atoms with Crippen molar-refractivity contribution in [2.24, 2.45) is 0 Å². The van der Waals surface area contributed by atoms with Gasteiger partial charge in [0.1, 0.15) is 0 Å². The first kappa shape index (κ1) is 19.7. The van der Waals surface area contributed by atoms with E-state index in [0.29, 0.717) is 26.1 Å². The molecule has 1 aromatic rings. The van der Waals surface area contributed by atoms with Gasteiger partial charge in [0, 0.05) is 31.1 Å². The first-order chi connectivity index (χ1) is 11.3. The van der Waals surface area contributed by atoms with E-state index in [1.807, 2.05) is 24.1 Å². The Hall–Kier alpha value is -0.670. The monoisotopic (exact) mass is 394 g/mol. The molecule has 1 aliphatic rings. The van der Waals surface area contributed by atoms with Gasteiger partial charge in [0.25, 0.3) is 0 Å². The summed E-state index contributed by atoms with van der Waals surface area (Å²) in [6.07, 6.45) is 0.502. The fraction of sp³-hybridized carbons (Fsp3) is 0.667. The highest BCUT2D eigenvalue weighted by Gasteiger charge is 2.34. The molecule has 0 aliphatic carbocycles. The number of sulfone groups is 1. The van der Waals surface area contributed by atoms with Crippen LogP contribution in [-0.2, 0) is 25.9 Å². The van der Waals surface area contributed by atoms with Gasteiger partial charge < -0.3 is 9.64 Å². The molecule has 1 unspecified atom stereocenters. The summed E-state index contributed by atoms with van der Waals surface area (Å²) in [6.45, 7) is 1.67. The minimum Gasteiger partial charge on any atom is -0.383 e. The number of rotatable bonds is 8. The Morgan fingerprint density at radius 3 is 2.75 bits per heavy atom. The number of nitrogens with zero attached hydrogens (tertiary/aromatic N) is 2. The van der Waals surface area contributed by atoms with E-state index >= 15 is 0 Å². The van der Waals surface area contributed by atoms with Crippen molar-refractivity contribution in [3.63, 3.8) is 0 Å². The third-order valence-electron chi connectivity index (χ3n) is 3.97. The van der Waals surface area contributed by atoms with Crippen LogP contribution in [0.25, 0.3) is 0 Å². The van der Waals surface area contributed by atoms with Gasteiger partial charge >= 0.3 is 0 Å². The molecule has 24 heavy (non-hydrogen) atoms. The van der Waals surface area contributed by atoms with Gasteiger partial charge in [-0.3, -0.25) is 9.69 Å². The van der Waals surface area contributed by atoms with Crippen LogP contribution < -0.4 is 0 Å². The van der Waals surface area contributed by atoms with Gasteiger partial charge in [-0.1, -0.05) is 11.6 Å². The fourth-order valence-electron chi connectivity index (χ4n) is 2.80. The van der Waals surface area contributed by atoms with Crippen molar-refractivity contribution in [2.45, 2.75) is 19.0 Å². The maximum absolute atomic E-state index is 12.7. The van der Waals surface area contributed by atoms with Crippen LogP contribution in [0.4, 0.5) is 0 Å². The van der Waals surface area contributed by atoms with Gasteiger partial charge in [0.05, 0.1) is 29.0 Å². The Morgan fingerprint density at radius 2 is 2.21 bits per heavy atom. The lowest BCUT2D eigenvalue weighted by atomic mass is 10.2. The van der Waals surface area contributed by atoms with Crippen LogP contribution in [0, 0.1) is 0 Å². The summed E-state index contributed by atoms with van der Waals surface area (Å²) >= 11 is 7.41. The zero-order valence-corrected chi connectivity index (χ0v) is 16.3. The molecule has 1 saturated heterocycles. The molecule has 1 aromatic heterocycles. The Labute approximate surface area is 152 Å². The van der Waals surface area contributed by atoms with Crippen LogP contribution in [-0.4, -0.2) is 75.5 Å². The molecule has 0 bridgehead atoms. The van der Waals surface area contributed by atoms with Crippen molar-refractivity contribution in [1.29, 1.82) is 0 Å². The molecule has 2 rings (SSSR count). The molecule has 2 heterocycles. The molecule has 0 spiro atoms. The molecule has 0 saturated carbocycles. The van der Waals surface area contributed by atoms with Crippen LogP contribution in [0.1, 0.15) is 11.3 Å². The molecular formula is C15H23ClN2O4S2. The number of carbonyl (C=O) groups is 1. The van der Waals surface area contributed by atoms with Crippen molar-refractivity contribution in [3.05, 3.63) is 21.3 Å². The summed E-state index contributed by atoms with van der Waals surface area (Å²) < 4.78 is 29.2. The highest BCUT2D eigenvalue weighted by atomic mass is 35.5. The SMILES string of the molecule is COCCN(C(=O)CN(C)Cc1ccc(Cl)s1)C1CCS(=O)(=O)C1. The van der Waals surface area contributed by atoms with Crippen LogP contribution >= 0.6 is 22.9 Å². The number of thiophene rings is 1. The summed E-state index contributed by atoms with van der Waals surface area (Å²) in [4.78, 5) is 17.3. The van der Waals surface area contributed by atoms with Crippen LogP contribution in [0.15, 0.2) is 12.1 Å². The predicted molar refractivity (Wildman–Crippen MR) is 96.3 cm³/mol. The number of amides is 1. The van der Waals surface area contributed by atoms with E-state index in [0.717, 1.165) is 9.21 Å². The van der Waals surface area contributed by atoms with E-state index in [1.54, 1.807) is 12.0 Å². The molecule has 1 aliphatic heterocycles. The van der Waals surface area contributed by atoms with E-state index in [9.17, 15) is 13.2 Å². The number of methoxy groups -OCH3 is 1. The summed E-state index contributed by atoms with van der Waals surface area (Å²) in [5, 5.41) is 0. The maximum atomic E-state index is 12.7. The number of likely N-dealkylation sites (N-methyl/N-ethyl adjacent to an activating group) is 1. The lowest BCUT2D eigenvalue weighted by Crippen LogP contribution is -2.46. The van der Waals surface area contributed by atoms with Crippen LogP contribution in [0.2, 0.25) is 4.34 Å². The van der Waals surface area contributed by atoms with Crippen molar-refractivity contribution in [1.82, 2.24) is 9.80 Å². The molecule has 0 N–H and O–H groups in total. The lowest BCUT2D eigenvalue weighted by molar-refractivity contribution is -0.134. The molecule has 1 fully saturated rings. The van der Waals surface area contributed by atoms with E-state index in [-0.39, 0.29) is 30.0 Å². The Morgan fingerprint density at radius 1 is 1.46 bits per heavy atom. The van der Waals surface area contributed by atoms with E-state index in [2.05, 4.69) is 0 Å². The van der Waals surface area contributed by atoms with Crippen LogP contribution in [0.3, 0.4) is 0 Å². The zero-order chi connectivity index (χ0) is 17.7. The van der Waals surface area contributed by atoms with Crippen molar-refractivity contribution < 1.29 is 17.9 Å². The molecule has 1 amide bonds. The Bertz CT molecular complexity index is 662. The highest BCUT2D eigenvalue weighted by Crippen LogP contribution is 2.22. The number of halogens is 1. The quantitative estimate of drug-likeness (QED) is 0.668. The van der Waals surface area contributed by atoms with Gasteiger partial charge in [-0.15, -0.1) is 11.3 Å². The summed E-state index contributed by atoms with van der Waals surface area (Å²) in [5.74, 6) is 0.129. The normalized spacial score (nSPS) is 19.8. The summed E-state index contributed by atoms with van der Waals surface area (Å²) in [7, 11) is 0.402. The first-order valence-electron chi connectivity index (χ1n) is 7.72. The molecule has 136 valence electrons. The second-order valence-corrected chi connectivity index (χ2v) is 10.0. The largest absolute Gasteiger partial charge is 0.383 e. The second-order valence-electron chi connectivity index (χ2n) is 6.01. The highest BCUT2D eigenvalue weighted by molar-refractivity contribution is 7.91. The van der Waals surface area contributed by atoms with E-state index in [4.69, 9.17) is 16.3 Å². The molecule has 0 aromatic carbocycles. The molecule has 6 nitrogen and oxygen atoms in total. The topological polar surface area (TPSA) is 66.9 Å². The minimum atomic E-state index is -3.03. The first-order valence-corrected chi connectivity index (χ1v) is 10.7. The van der Waals surface area contributed by atoms with Crippen LogP contribution in [0.5, 0.6) is 0 Å². The standard InChI is InChI=1S/C15H23ClN2O4S2/c1-17(9-13-3-4-14(16)23-13)10-15(19)18(6-7-22-2)12-5-8-24(20,21)11-12/h3-4,12H,5-11H2,1-2H3. The lowest BCUT2D eigenvalue weighted by Gasteiger charge is -2.30. The Balaban J connectivity index is 1.96. The molecule has 1 atom stereocenters. The number of hydrogen-bond acceptors (Lipinski definition) is 6. The summed E-state index contributed by atoms with van der Waals surface area (Å²) in [5.41, 5.74) is 0.